The molecule has 2 N–H and O–H groups in total. The highest BCUT2D eigenvalue weighted by molar-refractivity contribution is 7.92. The van der Waals surface area contributed by atoms with Gasteiger partial charge in [0.1, 0.15) is 5.75 Å². The van der Waals surface area contributed by atoms with Crippen LogP contribution in [0.1, 0.15) is 20.8 Å². The molecule has 0 saturated heterocycles. The molecule has 0 heterocycles. The number of ether oxygens (including phenoxy) is 1. The molecule has 1 aromatic rings. The highest BCUT2D eigenvalue weighted by atomic mass is 32.2. The molecule has 120 valence electrons. The Hall–Kier alpha value is -1.32. The average Bonchev–Trinajstić information content (AvgIpc) is 2.23. The van der Waals surface area contributed by atoms with Crippen LogP contribution in [0.2, 0.25) is 0 Å². The van der Waals surface area contributed by atoms with Crippen molar-refractivity contribution < 1.29 is 21.6 Å². The molecule has 0 amide bonds. The molecule has 0 radical (unpaired) electrons. The summed E-state index contributed by atoms with van der Waals surface area (Å²) in [4.78, 5) is -0.0515. The van der Waals surface area contributed by atoms with E-state index in [0.29, 0.717) is 0 Å². The fraction of sp³-hybridized carbons (Fsp3) is 0.500. The molecule has 0 unspecified atom stereocenters. The summed E-state index contributed by atoms with van der Waals surface area (Å²) in [5, 5.41) is 0. The van der Waals surface area contributed by atoms with E-state index in [4.69, 9.17) is 4.74 Å². The molecule has 0 bridgehead atoms. The van der Waals surface area contributed by atoms with Crippen molar-refractivity contribution in [3.8, 4) is 5.75 Å². The normalized spacial score (nSPS) is 13.0. The lowest BCUT2D eigenvalue weighted by Crippen LogP contribution is -2.40. The average molecular weight is 336 g/mol. The van der Waals surface area contributed by atoms with Crippen molar-refractivity contribution in [2.75, 3.05) is 18.1 Å². The number of benzene rings is 1. The van der Waals surface area contributed by atoms with Crippen LogP contribution in [0.4, 0.5) is 5.69 Å². The van der Waals surface area contributed by atoms with Gasteiger partial charge in [-0.2, -0.15) is 0 Å². The SMILES string of the molecule is COc1ccc(S(=O)(=O)NC(C)(C)C)cc1NS(C)(=O)=O. The van der Waals surface area contributed by atoms with Crippen molar-refractivity contribution >= 4 is 25.7 Å². The quantitative estimate of drug-likeness (QED) is 0.840. The minimum absolute atomic E-state index is 0.0515. The van der Waals surface area contributed by atoms with Crippen LogP contribution in [0, 0.1) is 0 Å². The van der Waals surface area contributed by atoms with Gasteiger partial charge in [0.2, 0.25) is 20.0 Å². The zero-order valence-corrected chi connectivity index (χ0v) is 14.2. The fourth-order valence-electron chi connectivity index (χ4n) is 1.60. The molecular weight excluding hydrogens is 316 g/mol. The number of hydrogen-bond acceptors (Lipinski definition) is 5. The Balaban J connectivity index is 3.31. The summed E-state index contributed by atoms with van der Waals surface area (Å²) in [5.74, 6) is 0.232. The zero-order chi connectivity index (χ0) is 16.5. The lowest BCUT2D eigenvalue weighted by molar-refractivity contribution is 0.416. The predicted octanol–water partition coefficient (Wildman–Crippen LogP) is 1.14. The maximum absolute atomic E-state index is 12.2. The molecule has 1 rings (SSSR count). The first-order valence-electron chi connectivity index (χ1n) is 6.04. The van der Waals surface area contributed by atoms with Crippen LogP contribution in [-0.2, 0) is 20.0 Å². The van der Waals surface area contributed by atoms with Gasteiger partial charge in [-0.25, -0.2) is 21.6 Å². The molecule has 1 aromatic carbocycles. The van der Waals surface area contributed by atoms with E-state index in [2.05, 4.69) is 9.44 Å². The van der Waals surface area contributed by atoms with Gasteiger partial charge >= 0.3 is 0 Å². The lowest BCUT2D eigenvalue weighted by atomic mass is 10.1. The molecule has 0 saturated carbocycles. The van der Waals surface area contributed by atoms with Gasteiger partial charge in [-0.05, 0) is 39.0 Å². The molecule has 0 aromatic heterocycles. The Kier molecular flexibility index (Phi) is 4.91. The molecule has 0 aliphatic rings. The molecule has 0 aliphatic heterocycles. The monoisotopic (exact) mass is 336 g/mol. The number of rotatable bonds is 5. The van der Waals surface area contributed by atoms with E-state index >= 15 is 0 Å². The van der Waals surface area contributed by atoms with Gasteiger partial charge in [0.25, 0.3) is 0 Å². The smallest absolute Gasteiger partial charge is 0.241 e. The minimum atomic E-state index is -3.76. The van der Waals surface area contributed by atoms with E-state index in [1.54, 1.807) is 20.8 Å². The second kappa shape index (κ2) is 5.82. The summed E-state index contributed by atoms with van der Waals surface area (Å²) in [6, 6.07) is 3.96. The third-order valence-electron chi connectivity index (χ3n) is 2.22. The van der Waals surface area contributed by atoms with Crippen molar-refractivity contribution in [1.29, 1.82) is 0 Å². The first kappa shape index (κ1) is 17.7. The van der Waals surface area contributed by atoms with E-state index < -0.39 is 25.6 Å². The van der Waals surface area contributed by atoms with Crippen molar-refractivity contribution in [2.24, 2.45) is 0 Å². The van der Waals surface area contributed by atoms with Crippen molar-refractivity contribution in [3.05, 3.63) is 18.2 Å². The van der Waals surface area contributed by atoms with Crippen LogP contribution in [0.15, 0.2) is 23.1 Å². The van der Waals surface area contributed by atoms with Gasteiger partial charge in [-0.15, -0.1) is 0 Å². The highest BCUT2D eigenvalue weighted by Crippen LogP contribution is 2.28. The van der Waals surface area contributed by atoms with Crippen LogP contribution < -0.4 is 14.2 Å². The van der Waals surface area contributed by atoms with E-state index in [-0.39, 0.29) is 16.3 Å². The summed E-state index contributed by atoms with van der Waals surface area (Å²) in [5.41, 5.74) is -0.583. The number of methoxy groups -OCH3 is 1. The first-order valence-corrected chi connectivity index (χ1v) is 9.41. The van der Waals surface area contributed by atoms with Gasteiger partial charge in [-0.1, -0.05) is 0 Å². The third-order valence-corrected chi connectivity index (χ3v) is 4.56. The topological polar surface area (TPSA) is 102 Å². The van der Waals surface area contributed by atoms with Crippen molar-refractivity contribution in [1.82, 2.24) is 4.72 Å². The fourth-order valence-corrected chi connectivity index (χ4v) is 3.60. The molecule has 7 nitrogen and oxygen atoms in total. The highest BCUT2D eigenvalue weighted by Gasteiger charge is 2.23. The van der Waals surface area contributed by atoms with Gasteiger partial charge in [0.05, 0.1) is 23.9 Å². The van der Waals surface area contributed by atoms with Gasteiger partial charge in [0.15, 0.2) is 0 Å². The molecule has 21 heavy (non-hydrogen) atoms. The summed E-state index contributed by atoms with van der Waals surface area (Å²) >= 11 is 0. The Labute approximate surface area is 125 Å². The number of sulfonamides is 2. The maximum atomic E-state index is 12.2. The molecular formula is C12H20N2O5S2. The van der Waals surface area contributed by atoms with Crippen LogP contribution >= 0.6 is 0 Å². The second-order valence-electron chi connectivity index (χ2n) is 5.59. The summed E-state index contributed by atoms with van der Waals surface area (Å²) in [7, 11) is -5.95. The molecule has 0 atom stereocenters. The number of nitrogens with one attached hydrogen (secondary N) is 2. The van der Waals surface area contributed by atoms with E-state index in [1.807, 2.05) is 0 Å². The van der Waals surface area contributed by atoms with Crippen LogP contribution in [0.5, 0.6) is 5.75 Å². The minimum Gasteiger partial charge on any atom is -0.495 e. The summed E-state index contributed by atoms with van der Waals surface area (Å²) in [6.07, 6.45) is 0.973. The molecule has 0 aliphatic carbocycles. The Morgan fingerprint density at radius 1 is 1.10 bits per heavy atom. The van der Waals surface area contributed by atoms with Gasteiger partial charge in [-0.3, -0.25) is 4.72 Å². The van der Waals surface area contributed by atoms with E-state index in [1.165, 1.54) is 25.3 Å². The van der Waals surface area contributed by atoms with Gasteiger partial charge in [0, 0.05) is 5.54 Å². The predicted molar refractivity (Wildman–Crippen MR) is 81.5 cm³/mol. The number of anilines is 1. The summed E-state index contributed by atoms with van der Waals surface area (Å²) < 4.78 is 56.9. The van der Waals surface area contributed by atoms with Crippen LogP contribution in [0.3, 0.4) is 0 Å². The largest absolute Gasteiger partial charge is 0.495 e. The molecule has 9 heteroatoms. The van der Waals surface area contributed by atoms with Crippen LogP contribution in [-0.4, -0.2) is 35.7 Å². The summed E-state index contributed by atoms with van der Waals surface area (Å²) in [6.45, 7) is 5.14. The van der Waals surface area contributed by atoms with E-state index in [9.17, 15) is 16.8 Å². The van der Waals surface area contributed by atoms with Crippen molar-refractivity contribution in [2.45, 2.75) is 31.2 Å². The first-order chi connectivity index (χ1) is 9.34. The zero-order valence-electron chi connectivity index (χ0n) is 12.6. The Morgan fingerprint density at radius 3 is 2.10 bits per heavy atom. The van der Waals surface area contributed by atoms with E-state index in [0.717, 1.165) is 6.26 Å². The number of hydrogen-bond donors (Lipinski definition) is 2. The second-order valence-corrected chi connectivity index (χ2v) is 9.02. The third kappa shape index (κ3) is 5.52. The standard InChI is InChI=1S/C12H20N2O5S2/c1-12(2,3)14-21(17,18)9-6-7-11(19-4)10(8-9)13-20(5,15)16/h6-8,13-14H,1-5H3. The van der Waals surface area contributed by atoms with Crippen LogP contribution in [0.25, 0.3) is 0 Å². The lowest BCUT2D eigenvalue weighted by Gasteiger charge is -2.21. The molecule has 0 spiro atoms. The van der Waals surface area contributed by atoms with Gasteiger partial charge < -0.3 is 4.74 Å². The van der Waals surface area contributed by atoms with Crippen molar-refractivity contribution in [3.63, 3.8) is 0 Å². The molecule has 0 fully saturated rings. The maximum Gasteiger partial charge on any atom is 0.241 e. The Bertz CT molecular complexity index is 719. The Morgan fingerprint density at radius 2 is 1.67 bits per heavy atom.